The summed E-state index contributed by atoms with van der Waals surface area (Å²) >= 11 is 12.0. The fraction of sp³-hybridized carbons (Fsp3) is 0. The van der Waals surface area contributed by atoms with Crippen LogP contribution in [-0.2, 0) is 0 Å². The van der Waals surface area contributed by atoms with Crippen molar-refractivity contribution < 1.29 is 0 Å². The summed E-state index contributed by atoms with van der Waals surface area (Å²) in [5.41, 5.74) is 12.3. The SMILES string of the molecule is Nc1cnc(-c2cccc(Cl)c2Cl)c(N)n1. The number of halogens is 2. The lowest BCUT2D eigenvalue weighted by Crippen LogP contribution is -2.01. The van der Waals surface area contributed by atoms with Gasteiger partial charge < -0.3 is 11.5 Å². The normalized spacial score (nSPS) is 10.4. The highest BCUT2D eigenvalue weighted by Crippen LogP contribution is 2.34. The number of benzene rings is 1. The summed E-state index contributed by atoms with van der Waals surface area (Å²) in [7, 11) is 0. The molecule has 4 N–H and O–H groups in total. The van der Waals surface area contributed by atoms with Crippen LogP contribution in [0.3, 0.4) is 0 Å². The molecule has 0 unspecified atom stereocenters. The van der Waals surface area contributed by atoms with E-state index < -0.39 is 0 Å². The standard InChI is InChI=1S/C10H8Cl2N4/c11-6-3-1-2-5(8(6)12)9-10(14)16-7(13)4-15-9/h1-4H,(H4,13,14,16). The van der Waals surface area contributed by atoms with Crippen molar-refractivity contribution in [2.45, 2.75) is 0 Å². The first-order chi connectivity index (χ1) is 7.59. The highest BCUT2D eigenvalue weighted by atomic mass is 35.5. The Morgan fingerprint density at radius 2 is 1.88 bits per heavy atom. The molecule has 82 valence electrons. The molecular formula is C10H8Cl2N4. The molecule has 1 heterocycles. The van der Waals surface area contributed by atoms with Gasteiger partial charge in [-0.25, -0.2) is 9.97 Å². The third-order valence-corrected chi connectivity index (χ3v) is 2.84. The molecule has 2 rings (SSSR count). The first kappa shape index (κ1) is 11.0. The van der Waals surface area contributed by atoms with E-state index >= 15 is 0 Å². The number of rotatable bonds is 1. The molecule has 1 aromatic carbocycles. The zero-order valence-corrected chi connectivity index (χ0v) is 9.63. The Morgan fingerprint density at radius 1 is 1.12 bits per heavy atom. The molecule has 2 aromatic rings. The molecule has 0 saturated carbocycles. The van der Waals surface area contributed by atoms with Gasteiger partial charge in [-0.15, -0.1) is 0 Å². The van der Waals surface area contributed by atoms with Gasteiger partial charge in [-0.3, -0.25) is 0 Å². The summed E-state index contributed by atoms with van der Waals surface area (Å²) < 4.78 is 0. The van der Waals surface area contributed by atoms with E-state index in [0.29, 0.717) is 21.3 Å². The Hall–Kier alpha value is -1.52. The van der Waals surface area contributed by atoms with Crippen molar-refractivity contribution in [2.24, 2.45) is 0 Å². The number of nitrogens with zero attached hydrogens (tertiary/aromatic N) is 2. The monoisotopic (exact) mass is 254 g/mol. The molecule has 1 aromatic heterocycles. The van der Waals surface area contributed by atoms with Crippen LogP contribution in [0.1, 0.15) is 0 Å². The second-order valence-corrected chi connectivity index (χ2v) is 3.92. The summed E-state index contributed by atoms with van der Waals surface area (Å²) in [6.45, 7) is 0. The Kier molecular flexibility index (Phi) is 2.85. The zero-order valence-electron chi connectivity index (χ0n) is 8.11. The highest BCUT2D eigenvalue weighted by molar-refractivity contribution is 6.43. The van der Waals surface area contributed by atoms with Crippen molar-refractivity contribution >= 4 is 34.8 Å². The van der Waals surface area contributed by atoms with E-state index in [1.165, 1.54) is 6.20 Å². The minimum Gasteiger partial charge on any atom is -0.382 e. The largest absolute Gasteiger partial charge is 0.382 e. The molecule has 0 spiro atoms. The maximum Gasteiger partial charge on any atom is 0.152 e. The van der Waals surface area contributed by atoms with Gasteiger partial charge in [-0.2, -0.15) is 0 Å². The molecule has 0 saturated heterocycles. The second-order valence-electron chi connectivity index (χ2n) is 3.13. The maximum absolute atomic E-state index is 6.05. The van der Waals surface area contributed by atoms with Crippen LogP contribution in [0.15, 0.2) is 24.4 Å². The van der Waals surface area contributed by atoms with Gasteiger partial charge in [0.15, 0.2) is 5.82 Å². The Morgan fingerprint density at radius 3 is 2.56 bits per heavy atom. The van der Waals surface area contributed by atoms with E-state index in [1.807, 2.05) is 0 Å². The number of nitrogens with two attached hydrogens (primary N) is 2. The quantitative estimate of drug-likeness (QED) is 0.820. The molecule has 0 radical (unpaired) electrons. The number of anilines is 2. The van der Waals surface area contributed by atoms with Crippen molar-refractivity contribution in [3.05, 3.63) is 34.4 Å². The van der Waals surface area contributed by atoms with Gasteiger partial charge >= 0.3 is 0 Å². The lowest BCUT2D eigenvalue weighted by atomic mass is 10.1. The van der Waals surface area contributed by atoms with Crippen molar-refractivity contribution in [2.75, 3.05) is 11.5 Å². The Bertz CT molecular complexity index is 542. The summed E-state index contributed by atoms with van der Waals surface area (Å²) in [6.07, 6.45) is 1.42. The average Bonchev–Trinajstić information content (AvgIpc) is 2.23. The fourth-order valence-corrected chi connectivity index (χ4v) is 1.70. The number of aromatic nitrogens is 2. The molecule has 0 fully saturated rings. The lowest BCUT2D eigenvalue weighted by Gasteiger charge is -2.07. The van der Waals surface area contributed by atoms with Crippen LogP contribution < -0.4 is 11.5 Å². The van der Waals surface area contributed by atoms with Crippen molar-refractivity contribution in [3.8, 4) is 11.3 Å². The van der Waals surface area contributed by atoms with E-state index in [1.54, 1.807) is 18.2 Å². The van der Waals surface area contributed by atoms with E-state index in [9.17, 15) is 0 Å². The minimum atomic E-state index is 0.226. The fourth-order valence-electron chi connectivity index (χ4n) is 1.31. The lowest BCUT2D eigenvalue weighted by molar-refractivity contribution is 1.22. The zero-order chi connectivity index (χ0) is 11.7. The Balaban J connectivity index is 2.63. The molecular weight excluding hydrogens is 247 g/mol. The smallest absolute Gasteiger partial charge is 0.152 e. The van der Waals surface area contributed by atoms with Gasteiger partial charge in [-0.05, 0) is 6.07 Å². The summed E-state index contributed by atoms with van der Waals surface area (Å²) in [4.78, 5) is 8.01. The van der Waals surface area contributed by atoms with Crippen LogP contribution in [0.4, 0.5) is 11.6 Å². The van der Waals surface area contributed by atoms with Crippen LogP contribution in [-0.4, -0.2) is 9.97 Å². The predicted octanol–water partition coefficient (Wildman–Crippen LogP) is 2.61. The molecule has 0 atom stereocenters. The van der Waals surface area contributed by atoms with E-state index in [-0.39, 0.29) is 11.6 Å². The third-order valence-electron chi connectivity index (χ3n) is 2.02. The maximum atomic E-state index is 6.05. The van der Waals surface area contributed by atoms with Crippen LogP contribution in [0, 0.1) is 0 Å². The molecule has 0 amide bonds. The first-order valence-corrected chi connectivity index (χ1v) is 5.17. The molecule has 0 bridgehead atoms. The van der Waals surface area contributed by atoms with E-state index in [4.69, 9.17) is 34.7 Å². The highest BCUT2D eigenvalue weighted by Gasteiger charge is 2.11. The van der Waals surface area contributed by atoms with Crippen molar-refractivity contribution in [1.29, 1.82) is 0 Å². The third kappa shape index (κ3) is 1.89. The molecule has 0 aliphatic rings. The van der Waals surface area contributed by atoms with Crippen LogP contribution in [0.5, 0.6) is 0 Å². The molecule has 4 nitrogen and oxygen atoms in total. The van der Waals surface area contributed by atoms with Gasteiger partial charge in [0.2, 0.25) is 0 Å². The molecule has 6 heteroatoms. The Labute approximate surface area is 102 Å². The molecule has 16 heavy (non-hydrogen) atoms. The van der Waals surface area contributed by atoms with Gasteiger partial charge in [0, 0.05) is 5.56 Å². The van der Waals surface area contributed by atoms with E-state index in [0.717, 1.165) is 0 Å². The minimum absolute atomic E-state index is 0.226. The van der Waals surface area contributed by atoms with Crippen LogP contribution in [0.2, 0.25) is 10.0 Å². The summed E-state index contributed by atoms with van der Waals surface area (Å²) in [5.74, 6) is 0.489. The molecule has 0 aliphatic heterocycles. The van der Waals surface area contributed by atoms with Gasteiger partial charge in [-0.1, -0.05) is 35.3 Å². The van der Waals surface area contributed by atoms with Gasteiger partial charge in [0.05, 0.1) is 16.2 Å². The predicted molar refractivity (Wildman–Crippen MR) is 66.3 cm³/mol. The van der Waals surface area contributed by atoms with Crippen molar-refractivity contribution in [3.63, 3.8) is 0 Å². The van der Waals surface area contributed by atoms with Gasteiger partial charge in [0.1, 0.15) is 11.5 Å². The second kappa shape index (κ2) is 4.15. The number of hydrogen-bond acceptors (Lipinski definition) is 4. The number of hydrogen-bond donors (Lipinski definition) is 2. The first-order valence-electron chi connectivity index (χ1n) is 4.42. The van der Waals surface area contributed by atoms with Gasteiger partial charge in [0.25, 0.3) is 0 Å². The molecule has 0 aliphatic carbocycles. The summed E-state index contributed by atoms with van der Waals surface area (Å²) in [5, 5.41) is 0.840. The van der Waals surface area contributed by atoms with Crippen LogP contribution in [0.25, 0.3) is 11.3 Å². The summed E-state index contributed by atoms with van der Waals surface area (Å²) in [6, 6.07) is 5.22. The van der Waals surface area contributed by atoms with E-state index in [2.05, 4.69) is 9.97 Å². The van der Waals surface area contributed by atoms with Crippen molar-refractivity contribution in [1.82, 2.24) is 9.97 Å². The average molecular weight is 255 g/mol. The topological polar surface area (TPSA) is 77.8 Å². The van der Waals surface area contributed by atoms with Crippen LogP contribution >= 0.6 is 23.2 Å². The number of nitrogen functional groups attached to an aromatic ring is 2.